The third-order valence-corrected chi connectivity index (χ3v) is 4.50. The summed E-state index contributed by atoms with van der Waals surface area (Å²) in [6.45, 7) is 5.78. The standard InChI is InChI=1S/C19H24N2O3/c1-13-4-3-5-14(2)18(13)24-15-8-10-21(11-9-15)19(22)17-7-6-16(12-20)23-17/h3-7,15H,8-12,20H2,1-2H3. The van der Waals surface area contributed by atoms with Crippen molar-refractivity contribution in [3.8, 4) is 5.75 Å². The van der Waals surface area contributed by atoms with Crippen LogP contribution in [0.5, 0.6) is 5.75 Å². The second kappa shape index (κ2) is 7.09. The van der Waals surface area contributed by atoms with E-state index in [0.717, 1.165) is 29.7 Å². The van der Waals surface area contributed by atoms with Gasteiger partial charge in [-0.3, -0.25) is 4.79 Å². The lowest BCUT2D eigenvalue weighted by atomic mass is 10.1. The van der Waals surface area contributed by atoms with Crippen LogP contribution in [0.3, 0.4) is 0 Å². The summed E-state index contributed by atoms with van der Waals surface area (Å²) in [5, 5.41) is 0. The van der Waals surface area contributed by atoms with E-state index in [1.54, 1.807) is 12.1 Å². The first-order valence-corrected chi connectivity index (χ1v) is 8.39. The first-order valence-electron chi connectivity index (χ1n) is 8.39. The number of amides is 1. The fraction of sp³-hybridized carbons (Fsp3) is 0.421. The van der Waals surface area contributed by atoms with Gasteiger partial charge in [0.15, 0.2) is 5.76 Å². The molecule has 0 radical (unpaired) electrons. The molecule has 24 heavy (non-hydrogen) atoms. The predicted molar refractivity (Wildman–Crippen MR) is 92.1 cm³/mol. The van der Waals surface area contributed by atoms with E-state index in [9.17, 15) is 4.79 Å². The van der Waals surface area contributed by atoms with Crippen LogP contribution >= 0.6 is 0 Å². The van der Waals surface area contributed by atoms with E-state index >= 15 is 0 Å². The van der Waals surface area contributed by atoms with Crippen LogP contribution in [0.25, 0.3) is 0 Å². The molecule has 128 valence electrons. The summed E-state index contributed by atoms with van der Waals surface area (Å²) in [6.07, 6.45) is 1.79. The molecule has 5 heteroatoms. The highest BCUT2D eigenvalue weighted by Gasteiger charge is 2.26. The summed E-state index contributed by atoms with van der Waals surface area (Å²) in [5.41, 5.74) is 7.83. The molecule has 3 rings (SSSR count). The van der Waals surface area contributed by atoms with Gasteiger partial charge in [-0.15, -0.1) is 0 Å². The van der Waals surface area contributed by atoms with E-state index in [2.05, 4.69) is 26.0 Å². The lowest BCUT2D eigenvalue weighted by Gasteiger charge is -2.32. The average molecular weight is 328 g/mol. The number of rotatable bonds is 4. The number of aryl methyl sites for hydroxylation is 2. The Morgan fingerprint density at radius 2 is 1.88 bits per heavy atom. The molecule has 0 unspecified atom stereocenters. The average Bonchev–Trinajstić information content (AvgIpc) is 3.07. The van der Waals surface area contributed by atoms with Crippen LogP contribution in [0.4, 0.5) is 0 Å². The Morgan fingerprint density at radius 3 is 2.46 bits per heavy atom. The molecule has 0 aliphatic carbocycles. The SMILES string of the molecule is Cc1cccc(C)c1OC1CCN(C(=O)c2ccc(CN)o2)CC1. The lowest BCUT2D eigenvalue weighted by molar-refractivity contribution is 0.0563. The molecule has 1 aromatic heterocycles. The first-order chi connectivity index (χ1) is 11.6. The number of carbonyl (C=O) groups excluding carboxylic acids is 1. The van der Waals surface area contributed by atoms with Crippen molar-refractivity contribution in [1.29, 1.82) is 0 Å². The zero-order valence-electron chi connectivity index (χ0n) is 14.2. The number of ether oxygens (including phenoxy) is 1. The lowest BCUT2D eigenvalue weighted by Crippen LogP contribution is -2.41. The number of nitrogens with two attached hydrogens (primary N) is 1. The van der Waals surface area contributed by atoms with Gasteiger partial charge >= 0.3 is 0 Å². The number of nitrogens with zero attached hydrogens (tertiary/aromatic N) is 1. The topological polar surface area (TPSA) is 68.7 Å². The number of piperidine rings is 1. The number of furan rings is 1. The third kappa shape index (κ3) is 3.46. The predicted octanol–water partition coefficient (Wildman–Crippen LogP) is 3.04. The molecule has 0 bridgehead atoms. The molecular weight excluding hydrogens is 304 g/mol. The quantitative estimate of drug-likeness (QED) is 0.936. The number of carbonyl (C=O) groups is 1. The molecule has 0 saturated carbocycles. The van der Waals surface area contributed by atoms with E-state index in [4.69, 9.17) is 14.9 Å². The molecule has 2 heterocycles. The first kappa shape index (κ1) is 16.6. The molecule has 1 aliphatic rings. The summed E-state index contributed by atoms with van der Waals surface area (Å²) < 4.78 is 11.6. The zero-order chi connectivity index (χ0) is 17.1. The minimum absolute atomic E-state index is 0.0692. The van der Waals surface area contributed by atoms with E-state index in [1.165, 1.54) is 0 Å². The maximum atomic E-state index is 12.5. The van der Waals surface area contributed by atoms with Crippen molar-refractivity contribution in [3.05, 3.63) is 53.0 Å². The monoisotopic (exact) mass is 328 g/mol. The second-order valence-electron chi connectivity index (χ2n) is 6.30. The van der Waals surface area contributed by atoms with Crippen molar-refractivity contribution in [1.82, 2.24) is 4.90 Å². The molecule has 1 amide bonds. The Balaban J connectivity index is 1.58. The summed E-state index contributed by atoms with van der Waals surface area (Å²) in [5.74, 6) is 1.90. The van der Waals surface area contributed by atoms with Gasteiger partial charge < -0.3 is 19.8 Å². The fourth-order valence-corrected chi connectivity index (χ4v) is 3.09. The number of hydrogen-bond acceptors (Lipinski definition) is 4. The number of likely N-dealkylation sites (tertiary alicyclic amines) is 1. The molecule has 2 N–H and O–H groups in total. The van der Waals surface area contributed by atoms with Crippen LogP contribution in [-0.4, -0.2) is 30.0 Å². The minimum Gasteiger partial charge on any atom is -0.490 e. The highest BCUT2D eigenvalue weighted by Crippen LogP contribution is 2.26. The molecule has 5 nitrogen and oxygen atoms in total. The Morgan fingerprint density at radius 1 is 1.21 bits per heavy atom. The highest BCUT2D eigenvalue weighted by molar-refractivity contribution is 5.91. The van der Waals surface area contributed by atoms with Crippen molar-refractivity contribution >= 4 is 5.91 Å². The van der Waals surface area contributed by atoms with Gasteiger partial charge in [-0.2, -0.15) is 0 Å². The van der Waals surface area contributed by atoms with Gasteiger partial charge in [0.05, 0.1) is 6.54 Å². The molecule has 0 spiro atoms. The molecule has 1 aromatic carbocycles. The van der Waals surface area contributed by atoms with Gasteiger partial charge in [0, 0.05) is 25.9 Å². The molecule has 1 fully saturated rings. The summed E-state index contributed by atoms with van der Waals surface area (Å²) in [7, 11) is 0. The Bertz CT molecular complexity index is 695. The van der Waals surface area contributed by atoms with Crippen LogP contribution in [0.1, 0.15) is 40.3 Å². The number of hydrogen-bond donors (Lipinski definition) is 1. The molecule has 1 saturated heterocycles. The fourth-order valence-electron chi connectivity index (χ4n) is 3.09. The van der Waals surface area contributed by atoms with E-state index < -0.39 is 0 Å². The van der Waals surface area contributed by atoms with Gasteiger partial charge in [-0.05, 0) is 37.1 Å². The molecular formula is C19H24N2O3. The van der Waals surface area contributed by atoms with Crippen molar-refractivity contribution in [2.75, 3.05) is 13.1 Å². The van der Waals surface area contributed by atoms with Gasteiger partial charge in [-0.1, -0.05) is 18.2 Å². The summed E-state index contributed by atoms with van der Waals surface area (Å²) in [6, 6.07) is 9.62. The van der Waals surface area contributed by atoms with Crippen molar-refractivity contribution in [2.45, 2.75) is 39.3 Å². The van der Waals surface area contributed by atoms with Crippen LogP contribution < -0.4 is 10.5 Å². The van der Waals surface area contributed by atoms with Gasteiger partial charge in [0.25, 0.3) is 5.91 Å². The third-order valence-electron chi connectivity index (χ3n) is 4.50. The Labute approximate surface area is 142 Å². The van der Waals surface area contributed by atoms with E-state index in [1.807, 2.05) is 11.0 Å². The highest BCUT2D eigenvalue weighted by atomic mass is 16.5. The second-order valence-corrected chi connectivity index (χ2v) is 6.30. The van der Waals surface area contributed by atoms with Gasteiger partial charge in [0.1, 0.15) is 17.6 Å². The van der Waals surface area contributed by atoms with E-state index in [-0.39, 0.29) is 12.0 Å². The maximum Gasteiger partial charge on any atom is 0.289 e. The largest absolute Gasteiger partial charge is 0.490 e. The minimum atomic E-state index is -0.0692. The van der Waals surface area contributed by atoms with Crippen LogP contribution in [0.15, 0.2) is 34.7 Å². The normalized spacial score (nSPS) is 15.5. The van der Waals surface area contributed by atoms with Crippen LogP contribution in [-0.2, 0) is 6.54 Å². The van der Waals surface area contributed by atoms with Gasteiger partial charge in [-0.25, -0.2) is 0 Å². The summed E-state index contributed by atoms with van der Waals surface area (Å²) in [4.78, 5) is 14.3. The van der Waals surface area contributed by atoms with Crippen LogP contribution in [0, 0.1) is 13.8 Å². The van der Waals surface area contributed by atoms with Gasteiger partial charge in [0.2, 0.25) is 0 Å². The van der Waals surface area contributed by atoms with Crippen molar-refractivity contribution in [3.63, 3.8) is 0 Å². The Hall–Kier alpha value is -2.27. The number of benzene rings is 1. The Kier molecular flexibility index (Phi) is 4.90. The summed E-state index contributed by atoms with van der Waals surface area (Å²) >= 11 is 0. The molecule has 1 aliphatic heterocycles. The maximum absolute atomic E-state index is 12.5. The van der Waals surface area contributed by atoms with Crippen molar-refractivity contribution in [2.24, 2.45) is 5.73 Å². The van der Waals surface area contributed by atoms with Crippen molar-refractivity contribution < 1.29 is 13.9 Å². The van der Waals surface area contributed by atoms with E-state index in [0.29, 0.717) is 31.2 Å². The smallest absolute Gasteiger partial charge is 0.289 e. The number of para-hydroxylation sites is 1. The van der Waals surface area contributed by atoms with Crippen LogP contribution in [0.2, 0.25) is 0 Å². The molecule has 2 aromatic rings. The molecule has 0 atom stereocenters. The zero-order valence-corrected chi connectivity index (χ0v) is 14.2.